The Labute approximate surface area is 219 Å². The van der Waals surface area contributed by atoms with Crippen LogP contribution in [-0.2, 0) is 19.1 Å². The molecule has 204 valence electrons. The average molecular weight is 517 g/mol. The SMILES string of the molecule is CO[C@@H]1CN(C)C(=O)c2ccc(NC(=O)C3CC3)cc2OC[C@H](C)N(C(=O)CN2CCOCC2)C[C@@H]1C. The van der Waals surface area contributed by atoms with E-state index in [-0.39, 0.29) is 48.3 Å². The molecule has 1 aliphatic carbocycles. The van der Waals surface area contributed by atoms with Gasteiger partial charge in [-0.15, -0.1) is 0 Å². The average Bonchev–Trinajstić information content (AvgIpc) is 3.74. The molecule has 0 spiro atoms. The summed E-state index contributed by atoms with van der Waals surface area (Å²) in [5, 5.41) is 2.93. The number of carbonyl (C=O) groups is 3. The first-order valence-corrected chi connectivity index (χ1v) is 13.2. The van der Waals surface area contributed by atoms with Crippen LogP contribution in [0.5, 0.6) is 5.75 Å². The Morgan fingerprint density at radius 2 is 1.86 bits per heavy atom. The van der Waals surface area contributed by atoms with Crippen LogP contribution in [0.15, 0.2) is 18.2 Å². The number of benzene rings is 1. The minimum atomic E-state index is -0.249. The zero-order valence-corrected chi connectivity index (χ0v) is 22.4. The van der Waals surface area contributed by atoms with Gasteiger partial charge in [-0.05, 0) is 31.9 Å². The summed E-state index contributed by atoms with van der Waals surface area (Å²) in [6, 6.07) is 4.90. The number of carbonyl (C=O) groups excluding carboxylic acids is 3. The largest absolute Gasteiger partial charge is 0.491 e. The molecule has 3 aliphatic rings. The van der Waals surface area contributed by atoms with Crippen molar-refractivity contribution in [3.8, 4) is 5.75 Å². The summed E-state index contributed by atoms with van der Waals surface area (Å²) in [6.07, 6.45) is 1.56. The molecule has 1 saturated carbocycles. The molecule has 10 nitrogen and oxygen atoms in total. The van der Waals surface area contributed by atoms with Gasteiger partial charge in [0.05, 0.1) is 37.5 Å². The van der Waals surface area contributed by atoms with E-state index in [9.17, 15) is 14.4 Å². The van der Waals surface area contributed by atoms with Crippen molar-refractivity contribution in [2.75, 3.05) is 72.0 Å². The summed E-state index contributed by atoms with van der Waals surface area (Å²) < 4.78 is 17.4. The molecule has 0 unspecified atom stereocenters. The van der Waals surface area contributed by atoms with E-state index < -0.39 is 0 Å². The van der Waals surface area contributed by atoms with Crippen LogP contribution in [0.4, 0.5) is 5.69 Å². The number of amides is 3. The van der Waals surface area contributed by atoms with Crippen molar-refractivity contribution >= 4 is 23.4 Å². The fourth-order valence-corrected chi connectivity index (χ4v) is 4.83. The Bertz CT molecular complexity index is 978. The van der Waals surface area contributed by atoms with E-state index in [2.05, 4.69) is 10.2 Å². The molecule has 2 heterocycles. The molecule has 1 saturated heterocycles. The van der Waals surface area contributed by atoms with E-state index in [1.54, 1.807) is 37.3 Å². The van der Waals surface area contributed by atoms with Gasteiger partial charge >= 0.3 is 0 Å². The number of methoxy groups -OCH3 is 1. The molecule has 1 aromatic rings. The number of fused-ring (bicyclic) bond motifs is 1. The molecule has 1 N–H and O–H groups in total. The number of nitrogens with zero attached hydrogens (tertiary/aromatic N) is 3. The third kappa shape index (κ3) is 7.00. The van der Waals surface area contributed by atoms with E-state index in [1.165, 1.54) is 0 Å². The van der Waals surface area contributed by atoms with Crippen LogP contribution in [-0.4, -0.2) is 111 Å². The second kappa shape index (κ2) is 12.2. The van der Waals surface area contributed by atoms with Crippen molar-refractivity contribution in [1.82, 2.24) is 14.7 Å². The molecule has 37 heavy (non-hydrogen) atoms. The number of hydrogen-bond acceptors (Lipinski definition) is 7. The van der Waals surface area contributed by atoms with Crippen molar-refractivity contribution in [2.24, 2.45) is 11.8 Å². The number of nitrogens with one attached hydrogen (secondary N) is 1. The lowest BCUT2D eigenvalue weighted by atomic mass is 10.0. The Kier molecular flexibility index (Phi) is 9.04. The van der Waals surface area contributed by atoms with Crippen LogP contribution >= 0.6 is 0 Å². The number of likely N-dealkylation sites (N-methyl/N-ethyl adjacent to an activating group) is 1. The minimum absolute atomic E-state index is 0.00440. The van der Waals surface area contributed by atoms with Crippen LogP contribution in [0.2, 0.25) is 0 Å². The predicted octanol–water partition coefficient (Wildman–Crippen LogP) is 1.70. The smallest absolute Gasteiger partial charge is 0.257 e. The highest BCUT2D eigenvalue weighted by Gasteiger charge is 2.32. The van der Waals surface area contributed by atoms with Gasteiger partial charge in [-0.1, -0.05) is 6.92 Å². The fraction of sp³-hybridized carbons (Fsp3) is 0.667. The van der Waals surface area contributed by atoms with Gasteiger partial charge in [0.15, 0.2) is 0 Å². The van der Waals surface area contributed by atoms with Crippen molar-refractivity contribution < 1.29 is 28.6 Å². The van der Waals surface area contributed by atoms with Crippen LogP contribution in [0, 0.1) is 11.8 Å². The summed E-state index contributed by atoms with van der Waals surface area (Å²) in [7, 11) is 3.38. The molecular formula is C27H40N4O6. The summed E-state index contributed by atoms with van der Waals surface area (Å²) in [4.78, 5) is 44.8. The molecular weight excluding hydrogens is 476 g/mol. The number of hydrogen-bond donors (Lipinski definition) is 1. The van der Waals surface area contributed by atoms with Gasteiger partial charge < -0.3 is 29.3 Å². The maximum absolute atomic E-state index is 13.5. The Hall–Kier alpha value is -2.69. The summed E-state index contributed by atoms with van der Waals surface area (Å²) in [5.74, 6) is 0.288. The van der Waals surface area contributed by atoms with E-state index >= 15 is 0 Å². The van der Waals surface area contributed by atoms with Gasteiger partial charge in [-0.2, -0.15) is 0 Å². The summed E-state index contributed by atoms with van der Waals surface area (Å²) in [6.45, 7) is 8.12. The van der Waals surface area contributed by atoms with Crippen molar-refractivity contribution in [2.45, 2.75) is 38.8 Å². The molecule has 2 aliphatic heterocycles. The monoisotopic (exact) mass is 516 g/mol. The van der Waals surface area contributed by atoms with E-state index in [4.69, 9.17) is 14.2 Å². The van der Waals surface area contributed by atoms with Gasteiger partial charge in [0.25, 0.3) is 5.91 Å². The van der Waals surface area contributed by atoms with E-state index in [0.717, 1.165) is 25.9 Å². The molecule has 4 rings (SSSR count). The van der Waals surface area contributed by atoms with Crippen molar-refractivity contribution in [1.29, 1.82) is 0 Å². The Morgan fingerprint density at radius 1 is 1.14 bits per heavy atom. The van der Waals surface area contributed by atoms with Gasteiger partial charge in [0.1, 0.15) is 12.4 Å². The van der Waals surface area contributed by atoms with Crippen LogP contribution in [0.25, 0.3) is 0 Å². The minimum Gasteiger partial charge on any atom is -0.491 e. The molecule has 0 bridgehead atoms. The lowest BCUT2D eigenvalue weighted by Gasteiger charge is -2.37. The molecule has 3 atom stereocenters. The zero-order valence-electron chi connectivity index (χ0n) is 22.4. The highest BCUT2D eigenvalue weighted by Crippen LogP contribution is 2.32. The molecule has 0 aromatic heterocycles. The van der Waals surface area contributed by atoms with Gasteiger partial charge in [-0.3, -0.25) is 19.3 Å². The third-order valence-corrected chi connectivity index (χ3v) is 7.45. The second-order valence-corrected chi connectivity index (χ2v) is 10.5. The highest BCUT2D eigenvalue weighted by atomic mass is 16.5. The van der Waals surface area contributed by atoms with Gasteiger partial charge in [0, 0.05) is 63.9 Å². The van der Waals surface area contributed by atoms with E-state index in [0.29, 0.717) is 49.8 Å². The molecule has 1 aromatic carbocycles. The lowest BCUT2D eigenvalue weighted by Crippen LogP contribution is -2.52. The topological polar surface area (TPSA) is 101 Å². The Morgan fingerprint density at radius 3 is 2.54 bits per heavy atom. The van der Waals surface area contributed by atoms with E-state index in [1.807, 2.05) is 18.7 Å². The first-order chi connectivity index (χ1) is 17.8. The van der Waals surface area contributed by atoms with Gasteiger partial charge in [0.2, 0.25) is 11.8 Å². The molecule has 10 heteroatoms. The maximum atomic E-state index is 13.5. The summed E-state index contributed by atoms with van der Waals surface area (Å²) >= 11 is 0. The molecule has 0 radical (unpaired) electrons. The highest BCUT2D eigenvalue weighted by molar-refractivity contribution is 5.99. The third-order valence-electron chi connectivity index (χ3n) is 7.45. The maximum Gasteiger partial charge on any atom is 0.257 e. The normalized spacial score (nSPS) is 25.9. The van der Waals surface area contributed by atoms with Gasteiger partial charge in [-0.25, -0.2) is 0 Å². The standard InChI is InChI=1S/C27H40N4O6/c1-18-14-31(25(32)16-30-9-11-36-12-10-30)19(2)17-37-23-13-21(28-26(33)20-5-6-20)7-8-22(23)27(34)29(3)15-24(18)35-4/h7-8,13,18-20,24H,5-6,9-12,14-17H2,1-4H3,(H,28,33)/t18-,19-,24+/m0/s1. The lowest BCUT2D eigenvalue weighted by molar-refractivity contribution is -0.137. The fourth-order valence-electron chi connectivity index (χ4n) is 4.83. The first kappa shape index (κ1) is 27.3. The van der Waals surface area contributed by atoms with Crippen LogP contribution < -0.4 is 10.1 Å². The number of ether oxygens (including phenoxy) is 3. The zero-order chi connectivity index (χ0) is 26.5. The first-order valence-electron chi connectivity index (χ1n) is 13.2. The Balaban J connectivity index is 1.58. The second-order valence-electron chi connectivity index (χ2n) is 10.5. The van der Waals surface area contributed by atoms with Crippen LogP contribution in [0.3, 0.4) is 0 Å². The number of anilines is 1. The van der Waals surface area contributed by atoms with Crippen LogP contribution in [0.1, 0.15) is 37.0 Å². The quantitative estimate of drug-likeness (QED) is 0.636. The van der Waals surface area contributed by atoms with Crippen molar-refractivity contribution in [3.63, 3.8) is 0 Å². The molecule has 2 fully saturated rings. The predicted molar refractivity (Wildman–Crippen MR) is 139 cm³/mol. The number of morpholine rings is 1. The molecule has 3 amide bonds. The summed E-state index contributed by atoms with van der Waals surface area (Å²) in [5.41, 5.74) is 1.00. The van der Waals surface area contributed by atoms with Crippen molar-refractivity contribution in [3.05, 3.63) is 23.8 Å². The number of rotatable bonds is 5.